The number of rotatable bonds is 2. The Bertz CT molecular complexity index is 441. The third-order valence-electron chi connectivity index (χ3n) is 3.30. The molecule has 1 heterocycles. The predicted molar refractivity (Wildman–Crippen MR) is 73.4 cm³/mol. The predicted octanol–water partition coefficient (Wildman–Crippen LogP) is 3.71. The van der Waals surface area contributed by atoms with E-state index in [0.717, 1.165) is 18.4 Å². The minimum absolute atomic E-state index is 0.0206. The molecule has 1 aromatic rings. The van der Waals surface area contributed by atoms with Gasteiger partial charge in [0, 0.05) is 0 Å². The number of ether oxygens (including phenoxy) is 1. The van der Waals surface area contributed by atoms with Gasteiger partial charge in [0.2, 0.25) is 0 Å². The Labute approximate surface area is 109 Å². The second-order valence-corrected chi connectivity index (χ2v) is 5.84. The average molecular weight is 246 g/mol. The van der Waals surface area contributed by atoms with Gasteiger partial charge in [0.05, 0.1) is 6.61 Å². The van der Waals surface area contributed by atoms with Gasteiger partial charge in [0.15, 0.2) is 0 Å². The molecule has 0 fully saturated rings. The fourth-order valence-electron chi connectivity index (χ4n) is 2.34. The fraction of sp³-hybridized carbons (Fsp3) is 0.500. The van der Waals surface area contributed by atoms with Crippen LogP contribution in [0.25, 0.3) is 0 Å². The lowest BCUT2D eigenvalue weighted by Crippen LogP contribution is -2.18. The maximum Gasteiger partial charge on any atom is 0.136 e. The summed E-state index contributed by atoms with van der Waals surface area (Å²) in [5.41, 5.74) is 2.15. The smallest absolute Gasteiger partial charge is 0.136 e. The highest BCUT2D eigenvalue weighted by atomic mass is 16.5. The second-order valence-electron chi connectivity index (χ2n) is 5.84. The highest BCUT2D eigenvalue weighted by Gasteiger charge is 2.24. The van der Waals surface area contributed by atoms with Gasteiger partial charge < -0.3 is 9.84 Å². The van der Waals surface area contributed by atoms with Gasteiger partial charge in [0.1, 0.15) is 11.9 Å². The van der Waals surface area contributed by atoms with Crippen molar-refractivity contribution in [2.45, 2.75) is 45.1 Å². The highest BCUT2D eigenvalue weighted by Crippen LogP contribution is 2.33. The molecule has 0 amide bonds. The van der Waals surface area contributed by atoms with E-state index < -0.39 is 6.10 Å². The molecule has 0 bridgehead atoms. The van der Waals surface area contributed by atoms with Crippen LogP contribution in [0.3, 0.4) is 0 Å². The van der Waals surface area contributed by atoms with Crippen molar-refractivity contribution in [3.63, 3.8) is 0 Å². The van der Waals surface area contributed by atoms with E-state index >= 15 is 0 Å². The Morgan fingerprint density at radius 3 is 2.56 bits per heavy atom. The molecule has 2 heteroatoms. The molecule has 0 aliphatic carbocycles. The van der Waals surface area contributed by atoms with Crippen molar-refractivity contribution in [1.82, 2.24) is 0 Å². The number of aliphatic hydroxyl groups excluding tert-OH is 1. The zero-order valence-electron chi connectivity index (χ0n) is 11.4. The van der Waals surface area contributed by atoms with Gasteiger partial charge in [-0.3, -0.25) is 0 Å². The summed E-state index contributed by atoms with van der Waals surface area (Å²) in [6.07, 6.45) is 3.40. The molecule has 2 rings (SSSR count). The second kappa shape index (κ2) is 5.15. The molecule has 0 saturated heterocycles. The summed E-state index contributed by atoms with van der Waals surface area (Å²) in [7, 11) is 0. The monoisotopic (exact) mass is 246 g/mol. The zero-order valence-corrected chi connectivity index (χ0v) is 11.4. The van der Waals surface area contributed by atoms with Crippen molar-refractivity contribution in [3.8, 4) is 0 Å². The van der Waals surface area contributed by atoms with Crippen molar-refractivity contribution in [2.75, 3.05) is 6.61 Å². The average Bonchev–Trinajstić information content (AvgIpc) is 2.38. The summed E-state index contributed by atoms with van der Waals surface area (Å²) in [6, 6.07) is 8.07. The van der Waals surface area contributed by atoms with Crippen LogP contribution < -0.4 is 0 Å². The lowest BCUT2D eigenvalue weighted by Gasteiger charge is -2.27. The first-order valence-corrected chi connectivity index (χ1v) is 6.60. The first-order chi connectivity index (χ1) is 8.50. The van der Waals surface area contributed by atoms with Crippen molar-refractivity contribution < 1.29 is 9.84 Å². The molecular formula is C16H22O2. The molecule has 1 aromatic carbocycles. The molecule has 0 aromatic heterocycles. The normalized spacial score (nSPS) is 17.9. The molecule has 0 spiro atoms. The molecule has 1 atom stereocenters. The molecule has 0 saturated carbocycles. The molecule has 2 nitrogen and oxygen atoms in total. The van der Waals surface area contributed by atoms with Crippen LogP contribution in [0.4, 0.5) is 0 Å². The lowest BCUT2D eigenvalue weighted by atomic mass is 9.82. The molecule has 98 valence electrons. The minimum atomic E-state index is -0.638. The summed E-state index contributed by atoms with van der Waals surface area (Å²) in [4.78, 5) is 0. The fourth-order valence-corrected chi connectivity index (χ4v) is 2.34. The van der Waals surface area contributed by atoms with E-state index in [9.17, 15) is 5.11 Å². The molecule has 1 unspecified atom stereocenters. The van der Waals surface area contributed by atoms with Crippen LogP contribution in [0.15, 0.2) is 36.1 Å². The van der Waals surface area contributed by atoms with Gasteiger partial charge in [-0.1, -0.05) is 45.0 Å². The van der Waals surface area contributed by atoms with Gasteiger partial charge >= 0.3 is 0 Å². The Balaban J connectivity index is 2.35. The van der Waals surface area contributed by atoms with Crippen LogP contribution in [0.5, 0.6) is 0 Å². The number of benzene rings is 1. The Hall–Kier alpha value is -1.28. The van der Waals surface area contributed by atoms with Crippen LogP contribution >= 0.6 is 0 Å². The van der Waals surface area contributed by atoms with E-state index in [2.05, 4.69) is 26.8 Å². The van der Waals surface area contributed by atoms with Crippen LogP contribution in [-0.2, 0) is 10.2 Å². The Kier molecular flexibility index (Phi) is 3.76. The summed E-state index contributed by atoms with van der Waals surface area (Å²) < 4.78 is 5.57. The molecule has 0 radical (unpaired) electrons. The summed E-state index contributed by atoms with van der Waals surface area (Å²) in [6.45, 7) is 7.19. The van der Waals surface area contributed by atoms with E-state index in [1.54, 1.807) is 0 Å². The standard InChI is InChI=1S/C16H22O2/c1-16(2,3)13-9-5-4-8-12(13)15(17)14-10-6-7-11-18-14/h4-5,8-10,15,17H,6-7,11H2,1-3H3. The first-order valence-electron chi connectivity index (χ1n) is 6.60. The minimum Gasteiger partial charge on any atom is -0.495 e. The van der Waals surface area contributed by atoms with E-state index in [1.165, 1.54) is 5.56 Å². The summed E-state index contributed by atoms with van der Waals surface area (Å²) >= 11 is 0. The quantitative estimate of drug-likeness (QED) is 0.862. The van der Waals surface area contributed by atoms with Gasteiger partial charge in [-0.15, -0.1) is 0 Å². The van der Waals surface area contributed by atoms with Crippen LogP contribution in [0, 0.1) is 0 Å². The topological polar surface area (TPSA) is 29.5 Å². The van der Waals surface area contributed by atoms with E-state index in [-0.39, 0.29) is 5.41 Å². The third kappa shape index (κ3) is 2.75. The van der Waals surface area contributed by atoms with Gasteiger partial charge in [-0.05, 0) is 35.5 Å². The van der Waals surface area contributed by atoms with Crippen molar-refractivity contribution in [1.29, 1.82) is 0 Å². The first kappa shape index (κ1) is 13.2. The number of aliphatic hydroxyl groups is 1. The number of allylic oxidation sites excluding steroid dienone is 1. The SMILES string of the molecule is CC(C)(C)c1ccccc1C(O)C1=CCCCO1. The lowest BCUT2D eigenvalue weighted by molar-refractivity contribution is 0.0908. The van der Waals surface area contributed by atoms with E-state index in [1.807, 2.05) is 24.3 Å². The molecular weight excluding hydrogens is 224 g/mol. The van der Waals surface area contributed by atoms with Gasteiger partial charge in [-0.2, -0.15) is 0 Å². The maximum absolute atomic E-state index is 10.5. The highest BCUT2D eigenvalue weighted by molar-refractivity contribution is 5.37. The summed E-state index contributed by atoms with van der Waals surface area (Å²) in [5, 5.41) is 10.5. The Morgan fingerprint density at radius 2 is 1.94 bits per heavy atom. The number of hydrogen-bond donors (Lipinski definition) is 1. The van der Waals surface area contributed by atoms with Crippen LogP contribution in [0.2, 0.25) is 0 Å². The largest absolute Gasteiger partial charge is 0.495 e. The zero-order chi connectivity index (χ0) is 13.2. The molecule has 1 aliphatic rings. The molecule has 1 aliphatic heterocycles. The molecule has 18 heavy (non-hydrogen) atoms. The van der Waals surface area contributed by atoms with Crippen molar-refractivity contribution in [2.24, 2.45) is 0 Å². The maximum atomic E-state index is 10.5. The van der Waals surface area contributed by atoms with Crippen molar-refractivity contribution in [3.05, 3.63) is 47.2 Å². The Morgan fingerprint density at radius 1 is 1.22 bits per heavy atom. The van der Waals surface area contributed by atoms with Gasteiger partial charge in [-0.25, -0.2) is 0 Å². The number of hydrogen-bond acceptors (Lipinski definition) is 2. The summed E-state index contributed by atoms with van der Waals surface area (Å²) in [5.74, 6) is 0.706. The van der Waals surface area contributed by atoms with Crippen LogP contribution in [-0.4, -0.2) is 11.7 Å². The van der Waals surface area contributed by atoms with E-state index in [0.29, 0.717) is 12.4 Å². The van der Waals surface area contributed by atoms with Crippen LogP contribution in [0.1, 0.15) is 50.8 Å². The van der Waals surface area contributed by atoms with Gasteiger partial charge in [0.25, 0.3) is 0 Å². The third-order valence-corrected chi connectivity index (χ3v) is 3.30. The van der Waals surface area contributed by atoms with Crippen molar-refractivity contribution >= 4 is 0 Å². The van der Waals surface area contributed by atoms with E-state index in [4.69, 9.17) is 4.74 Å². The molecule has 1 N–H and O–H groups in total.